The van der Waals surface area contributed by atoms with E-state index in [9.17, 15) is 0 Å². The molecule has 1 aliphatic carbocycles. The van der Waals surface area contributed by atoms with Crippen molar-refractivity contribution in [2.24, 2.45) is 0 Å². The summed E-state index contributed by atoms with van der Waals surface area (Å²) in [4.78, 5) is 8.95. The maximum Gasteiger partial charge on any atom is 0.240 e. The second-order valence-corrected chi connectivity index (χ2v) is 4.66. The van der Waals surface area contributed by atoms with Gasteiger partial charge < -0.3 is 9.47 Å². The molecular weight excluding hydrogens is 230 g/mol. The fourth-order valence-corrected chi connectivity index (χ4v) is 2.62. The van der Waals surface area contributed by atoms with E-state index in [1.54, 1.807) is 20.3 Å². The molecule has 0 saturated heterocycles. The van der Waals surface area contributed by atoms with E-state index in [0.717, 1.165) is 5.69 Å². The maximum atomic E-state index is 5.35. The molecule has 0 radical (unpaired) electrons. The van der Waals surface area contributed by atoms with Gasteiger partial charge in [-0.25, -0.2) is 4.98 Å². The van der Waals surface area contributed by atoms with Gasteiger partial charge in [0.1, 0.15) is 0 Å². The first-order valence-electron chi connectivity index (χ1n) is 6.30. The molecule has 0 bridgehead atoms. The van der Waals surface area contributed by atoms with Crippen LogP contribution in [0.4, 0.5) is 0 Å². The predicted octanol–water partition coefficient (Wildman–Crippen LogP) is 2.40. The van der Waals surface area contributed by atoms with Gasteiger partial charge in [0, 0.05) is 12.1 Å². The van der Waals surface area contributed by atoms with Crippen molar-refractivity contribution in [1.29, 1.82) is 0 Å². The first-order valence-corrected chi connectivity index (χ1v) is 6.30. The summed E-state index contributed by atoms with van der Waals surface area (Å²) in [7, 11) is 3.24. The van der Waals surface area contributed by atoms with Crippen molar-refractivity contribution in [3.05, 3.63) is 18.0 Å². The Hall–Kier alpha value is -1.78. The minimum absolute atomic E-state index is 0.530. The van der Waals surface area contributed by atoms with Crippen LogP contribution < -0.4 is 9.47 Å². The molecule has 0 amide bonds. The van der Waals surface area contributed by atoms with E-state index in [1.807, 2.05) is 10.6 Å². The summed E-state index contributed by atoms with van der Waals surface area (Å²) in [6.45, 7) is 0. The Bertz CT molecular complexity index is 559. The zero-order valence-electron chi connectivity index (χ0n) is 10.7. The Balaban J connectivity index is 2.09. The van der Waals surface area contributed by atoms with Crippen molar-refractivity contribution in [2.45, 2.75) is 31.6 Å². The number of ether oxygens (including phenoxy) is 2. The van der Waals surface area contributed by atoms with Crippen molar-refractivity contribution in [1.82, 2.24) is 14.4 Å². The predicted molar refractivity (Wildman–Crippen MR) is 67.3 cm³/mol. The van der Waals surface area contributed by atoms with Gasteiger partial charge in [-0.15, -0.1) is 0 Å². The van der Waals surface area contributed by atoms with Gasteiger partial charge in [-0.3, -0.25) is 4.40 Å². The molecule has 0 N–H and O–H groups in total. The summed E-state index contributed by atoms with van der Waals surface area (Å²) in [5, 5.41) is 0. The van der Waals surface area contributed by atoms with Gasteiger partial charge in [0.15, 0.2) is 0 Å². The Kier molecular flexibility index (Phi) is 2.81. The minimum atomic E-state index is 0.530. The van der Waals surface area contributed by atoms with E-state index in [2.05, 4.69) is 9.97 Å². The van der Waals surface area contributed by atoms with Gasteiger partial charge in [0.05, 0.1) is 26.0 Å². The molecule has 0 unspecified atom stereocenters. The van der Waals surface area contributed by atoms with Crippen LogP contribution in [0.5, 0.6) is 11.8 Å². The highest BCUT2D eigenvalue weighted by atomic mass is 16.5. The second kappa shape index (κ2) is 4.48. The normalized spacial score (nSPS) is 16.3. The highest BCUT2D eigenvalue weighted by Crippen LogP contribution is 2.34. The van der Waals surface area contributed by atoms with Crippen LogP contribution in [0.2, 0.25) is 0 Å². The number of nitrogens with zero attached hydrogens (tertiary/aromatic N) is 3. The number of methoxy groups -OCH3 is 2. The smallest absolute Gasteiger partial charge is 0.240 e. The van der Waals surface area contributed by atoms with Crippen LogP contribution in [0, 0.1) is 0 Å². The van der Waals surface area contributed by atoms with Crippen LogP contribution in [-0.4, -0.2) is 28.6 Å². The lowest BCUT2D eigenvalue weighted by molar-refractivity contribution is 0.369. The average molecular weight is 247 g/mol. The lowest BCUT2D eigenvalue weighted by Crippen LogP contribution is -1.97. The van der Waals surface area contributed by atoms with Gasteiger partial charge in [-0.05, 0) is 12.8 Å². The number of rotatable bonds is 3. The monoisotopic (exact) mass is 247 g/mol. The number of hydrogen-bond donors (Lipinski definition) is 0. The van der Waals surface area contributed by atoms with Crippen molar-refractivity contribution in [2.75, 3.05) is 14.2 Å². The van der Waals surface area contributed by atoms with Crippen molar-refractivity contribution in [3.63, 3.8) is 0 Å². The van der Waals surface area contributed by atoms with E-state index < -0.39 is 0 Å². The number of aromatic nitrogens is 3. The van der Waals surface area contributed by atoms with E-state index in [-0.39, 0.29) is 0 Å². The van der Waals surface area contributed by atoms with E-state index >= 15 is 0 Å². The molecular formula is C13H17N3O2. The molecule has 3 rings (SSSR count). The van der Waals surface area contributed by atoms with Gasteiger partial charge in [0.25, 0.3) is 0 Å². The summed E-state index contributed by atoms with van der Waals surface area (Å²) in [5.74, 6) is 2.45. The fraction of sp³-hybridized carbons (Fsp3) is 0.538. The first kappa shape index (κ1) is 11.3. The molecule has 1 fully saturated rings. The molecule has 5 nitrogen and oxygen atoms in total. The minimum Gasteiger partial charge on any atom is -0.482 e. The lowest BCUT2D eigenvalue weighted by Gasteiger charge is -2.05. The third-order valence-corrected chi connectivity index (χ3v) is 3.59. The number of fused-ring (bicyclic) bond motifs is 1. The van der Waals surface area contributed by atoms with Gasteiger partial charge in [-0.1, -0.05) is 12.8 Å². The molecule has 1 saturated carbocycles. The standard InChI is InChI=1S/C13H17N3O2/c1-17-11-7-12(18-2)16-8-10(14-13(16)15-11)9-5-3-4-6-9/h7-9H,3-6H2,1-2H3. The third-order valence-electron chi connectivity index (χ3n) is 3.59. The molecule has 0 aromatic carbocycles. The Labute approximate surface area is 106 Å². The van der Waals surface area contributed by atoms with Crippen LogP contribution in [0.25, 0.3) is 5.78 Å². The molecule has 2 aromatic heterocycles. The topological polar surface area (TPSA) is 48.7 Å². The summed E-state index contributed by atoms with van der Waals surface area (Å²) in [5.41, 5.74) is 1.12. The summed E-state index contributed by atoms with van der Waals surface area (Å²) in [6.07, 6.45) is 7.09. The quantitative estimate of drug-likeness (QED) is 0.835. The maximum absolute atomic E-state index is 5.35. The summed E-state index contributed by atoms with van der Waals surface area (Å²) < 4.78 is 12.4. The highest BCUT2D eigenvalue weighted by Gasteiger charge is 2.21. The number of hydrogen-bond acceptors (Lipinski definition) is 4. The second-order valence-electron chi connectivity index (χ2n) is 4.66. The SMILES string of the molecule is COc1cc(OC)n2cc(C3CCCC3)nc2n1. The van der Waals surface area contributed by atoms with Crippen LogP contribution in [-0.2, 0) is 0 Å². The molecule has 2 heterocycles. The summed E-state index contributed by atoms with van der Waals surface area (Å²) in [6, 6.07) is 1.77. The van der Waals surface area contributed by atoms with Crippen LogP contribution in [0.3, 0.4) is 0 Å². The lowest BCUT2D eigenvalue weighted by atomic mass is 10.1. The van der Waals surface area contributed by atoms with E-state index in [0.29, 0.717) is 23.5 Å². The zero-order chi connectivity index (χ0) is 12.5. The highest BCUT2D eigenvalue weighted by molar-refractivity contribution is 5.40. The largest absolute Gasteiger partial charge is 0.482 e. The van der Waals surface area contributed by atoms with Crippen LogP contribution >= 0.6 is 0 Å². The fourth-order valence-electron chi connectivity index (χ4n) is 2.62. The molecule has 1 aliphatic rings. The van der Waals surface area contributed by atoms with Crippen molar-refractivity contribution >= 4 is 5.78 Å². The van der Waals surface area contributed by atoms with Crippen molar-refractivity contribution < 1.29 is 9.47 Å². The number of imidazole rings is 1. The Morgan fingerprint density at radius 3 is 2.61 bits per heavy atom. The van der Waals surface area contributed by atoms with Crippen LogP contribution in [0.1, 0.15) is 37.3 Å². The van der Waals surface area contributed by atoms with Gasteiger partial charge in [-0.2, -0.15) is 4.98 Å². The molecule has 96 valence electrons. The molecule has 0 aliphatic heterocycles. The first-order chi connectivity index (χ1) is 8.81. The molecule has 18 heavy (non-hydrogen) atoms. The Morgan fingerprint density at radius 2 is 1.94 bits per heavy atom. The van der Waals surface area contributed by atoms with E-state index in [4.69, 9.17) is 9.47 Å². The molecule has 5 heteroatoms. The molecule has 0 spiro atoms. The van der Waals surface area contributed by atoms with Crippen molar-refractivity contribution in [3.8, 4) is 11.8 Å². The van der Waals surface area contributed by atoms with Gasteiger partial charge in [0.2, 0.25) is 17.5 Å². The van der Waals surface area contributed by atoms with E-state index in [1.165, 1.54) is 25.7 Å². The average Bonchev–Trinajstić information content (AvgIpc) is 3.05. The summed E-state index contributed by atoms with van der Waals surface area (Å²) >= 11 is 0. The Morgan fingerprint density at radius 1 is 1.17 bits per heavy atom. The van der Waals surface area contributed by atoms with Crippen LogP contribution in [0.15, 0.2) is 12.3 Å². The molecule has 2 aromatic rings. The van der Waals surface area contributed by atoms with Gasteiger partial charge >= 0.3 is 0 Å². The molecule has 0 atom stereocenters. The third kappa shape index (κ3) is 1.79. The zero-order valence-corrected chi connectivity index (χ0v) is 10.7.